The van der Waals surface area contributed by atoms with Crippen LogP contribution in [0.2, 0.25) is 0 Å². The highest BCUT2D eigenvalue weighted by molar-refractivity contribution is 5.79. The second-order valence-electron chi connectivity index (χ2n) is 5.76. The minimum atomic E-state index is -0.820. The van der Waals surface area contributed by atoms with E-state index in [1.807, 2.05) is 24.3 Å². The quantitative estimate of drug-likeness (QED) is 0.792. The molecule has 2 heteroatoms. The van der Waals surface area contributed by atoms with Gasteiger partial charge in [0.2, 0.25) is 0 Å². The minimum absolute atomic E-state index is 0.784. The number of rotatable bonds is 6. The Morgan fingerprint density at radius 1 is 0.905 bits per heavy atom. The van der Waals surface area contributed by atoms with Crippen molar-refractivity contribution >= 4 is 0 Å². The van der Waals surface area contributed by atoms with E-state index < -0.39 is 5.60 Å². The molecule has 3 rings (SSSR count). The molecule has 21 heavy (non-hydrogen) atoms. The van der Waals surface area contributed by atoms with Crippen molar-refractivity contribution in [3.8, 4) is 11.1 Å². The van der Waals surface area contributed by atoms with E-state index in [2.05, 4.69) is 36.5 Å². The maximum Gasteiger partial charge on any atom is 0.116 e. The molecule has 1 aliphatic carbocycles. The Labute approximate surface area is 126 Å². The van der Waals surface area contributed by atoms with Crippen LogP contribution in [0.3, 0.4) is 0 Å². The molecular weight excluding hydrogens is 258 g/mol. The number of fused-ring (bicyclic) bond motifs is 3. The molecule has 2 N–H and O–H groups in total. The molecule has 0 fully saturated rings. The standard InChI is InChI=1S/C19H23NO/c1-2-20-14-8-7-13-19(21)17-11-5-3-9-15(17)16-10-4-6-12-18(16)19/h3-6,9-12,20-21H,2,7-8,13-14H2,1H3. The summed E-state index contributed by atoms with van der Waals surface area (Å²) >= 11 is 0. The Hall–Kier alpha value is -1.64. The Morgan fingerprint density at radius 2 is 1.48 bits per heavy atom. The molecule has 2 nitrogen and oxygen atoms in total. The molecule has 0 atom stereocenters. The fourth-order valence-electron chi connectivity index (χ4n) is 3.38. The molecule has 110 valence electrons. The van der Waals surface area contributed by atoms with Crippen LogP contribution in [0.25, 0.3) is 11.1 Å². The van der Waals surface area contributed by atoms with Gasteiger partial charge in [-0.05, 0) is 54.6 Å². The lowest BCUT2D eigenvalue weighted by molar-refractivity contribution is 0.0729. The van der Waals surface area contributed by atoms with Crippen molar-refractivity contribution in [2.75, 3.05) is 13.1 Å². The van der Waals surface area contributed by atoms with E-state index in [0.717, 1.165) is 43.5 Å². The molecule has 0 aliphatic heterocycles. The summed E-state index contributed by atoms with van der Waals surface area (Å²) in [6.07, 6.45) is 2.90. The molecule has 2 aromatic rings. The van der Waals surface area contributed by atoms with Crippen molar-refractivity contribution in [2.45, 2.75) is 31.8 Å². The summed E-state index contributed by atoms with van der Waals surface area (Å²) in [5, 5.41) is 14.7. The zero-order valence-electron chi connectivity index (χ0n) is 12.6. The van der Waals surface area contributed by atoms with Gasteiger partial charge in [-0.3, -0.25) is 0 Å². The van der Waals surface area contributed by atoms with Crippen molar-refractivity contribution < 1.29 is 5.11 Å². The maximum atomic E-state index is 11.3. The highest BCUT2D eigenvalue weighted by Gasteiger charge is 2.40. The van der Waals surface area contributed by atoms with Crippen molar-refractivity contribution in [3.05, 3.63) is 59.7 Å². The molecule has 0 spiro atoms. The highest BCUT2D eigenvalue weighted by Crippen LogP contribution is 2.49. The third-order valence-corrected chi connectivity index (χ3v) is 4.43. The average molecular weight is 281 g/mol. The SMILES string of the molecule is CCNCCCCC1(O)c2ccccc2-c2ccccc21. The van der Waals surface area contributed by atoms with E-state index in [4.69, 9.17) is 0 Å². The first-order chi connectivity index (χ1) is 10.3. The number of benzene rings is 2. The van der Waals surface area contributed by atoms with Crippen molar-refractivity contribution in [3.63, 3.8) is 0 Å². The fraction of sp³-hybridized carbons (Fsp3) is 0.368. The van der Waals surface area contributed by atoms with Gasteiger partial charge in [0, 0.05) is 0 Å². The van der Waals surface area contributed by atoms with E-state index in [1.165, 1.54) is 11.1 Å². The second kappa shape index (κ2) is 6.00. The van der Waals surface area contributed by atoms with Crippen molar-refractivity contribution in [1.29, 1.82) is 0 Å². The Morgan fingerprint density at radius 3 is 2.05 bits per heavy atom. The average Bonchev–Trinajstić information content (AvgIpc) is 2.78. The summed E-state index contributed by atoms with van der Waals surface area (Å²) in [5.74, 6) is 0. The Balaban J connectivity index is 1.87. The first kappa shape index (κ1) is 14.3. The normalized spacial score (nSPS) is 14.8. The number of aliphatic hydroxyl groups is 1. The van der Waals surface area contributed by atoms with Gasteiger partial charge in [0.05, 0.1) is 0 Å². The molecule has 2 aromatic carbocycles. The zero-order chi connectivity index (χ0) is 14.7. The zero-order valence-corrected chi connectivity index (χ0v) is 12.6. The summed E-state index contributed by atoms with van der Waals surface area (Å²) in [5.41, 5.74) is 3.67. The van der Waals surface area contributed by atoms with Crippen LogP contribution < -0.4 is 5.32 Å². The maximum absolute atomic E-state index is 11.3. The summed E-state index contributed by atoms with van der Waals surface area (Å²) in [4.78, 5) is 0. The molecule has 0 saturated heterocycles. The number of hydrogen-bond donors (Lipinski definition) is 2. The number of hydrogen-bond acceptors (Lipinski definition) is 2. The van der Waals surface area contributed by atoms with Gasteiger partial charge >= 0.3 is 0 Å². The molecule has 0 unspecified atom stereocenters. The van der Waals surface area contributed by atoms with E-state index in [-0.39, 0.29) is 0 Å². The lowest BCUT2D eigenvalue weighted by Gasteiger charge is -2.26. The van der Waals surface area contributed by atoms with Gasteiger partial charge in [0.25, 0.3) is 0 Å². The van der Waals surface area contributed by atoms with Gasteiger partial charge in [0.1, 0.15) is 5.60 Å². The van der Waals surface area contributed by atoms with Crippen LogP contribution in [-0.4, -0.2) is 18.2 Å². The van der Waals surface area contributed by atoms with E-state index in [9.17, 15) is 5.11 Å². The molecule has 0 aromatic heterocycles. The topological polar surface area (TPSA) is 32.3 Å². The summed E-state index contributed by atoms with van der Waals surface area (Å²) in [6.45, 7) is 4.16. The Bertz CT molecular complexity index is 575. The molecule has 0 heterocycles. The molecule has 0 bridgehead atoms. The van der Waals surface area contributed by atoms with Crippen LogP contribution in [0, 0.1) is 0 Å². The smallest absolute Gasteiger partial charge is 0.116 e. The summed E-state index contributed by atoms with van der Waals surface area (Å²) in [7, 11) is 0. The first-order valence-corrected chi connectivity index (χ1v) is 7.90. The van der Waals surface area contributed by atoms with Crippen molar-refractivity contribution in [2.24, 2.45) is 0 Å². The first-order valence-electron chi connectivity index (χ1n) is 7.90. The van der Waals surface area contributed by atoms with Crippen LogP contribution in [0.4, 0.5) is 0 Å². The molecule has 1 aliphatic rings. The Kier molecular flexibility index (Phi) is 4.09. The minimum Gasteiger partial charge on any atom is -0.380 e. The predicted octanol–water partition coefficient (Wildman–Crippen LogP) is 3.68. The van der Waals surface area contributed by atoms with E-state index in [0.29, 0.717) is 0 Å². The molecule has 0 radical (unpaired) electrons. The van der Waals surface area contributed by atoms with Crippen LogP contribution in [0.1, 0.15) is 37.3 Å². The predicted molar refractivity (Wildman–Crippen MR) is 87.3 cm³/mol. The second-order valence-corrected chi connectivity index (χ2v) is 5.76. The summed E-state index contributed by atoms with van der Waals surface area (Å²) < 4.78 is 0. The molecule has 0 amide bonds. The molecular formula is C19H23NO. The lowest BCUT2D eigenvalue weighted by atomic mass is 9.86. The van der Waals surface area contributed by atoms with Crippen LogP contribution >= 0.6 is 0 Å². The summed E-state index contributed by atoms with van der Waals surface area (Å²) in [6, 6.07) is 16.5. The largest absolute Gasteiger partial charge is 0.380 e. The van der Waals surface area contributed by atoms with E-state index >= 15 is 0 Å². The third-order valence-electron chi connectivity index (χ3n) is 4.43. The van der Waals surface area contributed by atoms with Gasteiger partial charge in [0.15, 0.2) is 0 Å². The van der Waals surface area contributed by atoms with Crippen LogP contribution in [0.15, 0.2) is 48.5 Å². The lowest BCUT2D eigenvalue weighted by Crippen LogP contribution is -2.25. The number of nitrogens with one attached hydrogen (secondary N) is 1. The van der Waals surface area contributed by atoms with Crippen LogP contribution in [0.5, 0.6) is 0 Å². The number of unbranched alkanes of at least 4 members (excludes halogenated alkanes) is 1. The monoisotopic (exact) mass is 281 g/mol. The van der Waals surface area contributed by atoms with Gasteiger partial charge in [-0.25, -0.2) is 0 Å². The van der Waals surface area contributed by atoms with Gasteiger partial charge in [-0.15, -0.1) is 0 Å². The molecule has 0 saturated carbocycles. The van der Waals surface area contributed by atoms with Crippen LogP contribution in [-0.2, 0) is 5.60 Å². The van der Waals surface area contributed by atoms with Gasteiger partial charge in [-0.2, -0.15) is 0 Å². The highest BCUT2D eigenvalue weighted by atomic mass is 16.3. The van der Waals surface area contributed by atoms with Gasteiger partial charge < -0.3 is 10.4 Å². The third kappa shape index (κ3) is 2.50. The fourth-order valence-corrected chi connectivity index (χ4v) is 3.38. The van der Waals surface area contributed by atoms with Crippen molar-refractivity contribution in [1.82, 2.24) is 5.32 Å². The van der Waals surface area contributed by atoms with Gasteiger partial charge in [-0.1, -0.05) is 55.5 Å². The van der Waals surface area contributed by atoms with E-state index in [1.54, 1.807) is 0 Å².